The summed E-state index contributed by atoms with van der Waals surface area (Å²) in [5.74, 6) is 1.22. The van der Waals surface area contributed by atoms with Gasteiger partial charge in [0.15, 0.2) is 6.10 Å². The number of aromatic nitrogens is 2. The molecule has 0 saturated carbocycles. The van der Waals surface area contributed by atoms with E-state index in [2.05, 4.69) is 56.1 Å². The smallest absolute Gasteiger partial charge is 0.263 e. The Morgan fingerprint density at radius 3 is 1.97 bits per heavy atom. The Morgan fingerprint density at radius 2 is 1.50 bits per heavy atom. The van der Waals surface area contributed by atoms with E-state index in [4.69, 9.17) is 14.9 Å². The summed E-state index contributed by atoms with van der Waals surface area (Å²) < 4.78 is 14.1. The molecule has 6 nitrogen and oxygen atoms in total. The summed E-state index contributed by atoms with van der Waals surface area (Å²) in [5, 5.41) is 12.2. The van der Waals surface area contributed by atoms with Crippen LogP contribution in [0.5, 0.6) is 5.75 Å². The first-order valence-corrected chi connectivity index (χ1v) is 13.8. The second kappa shape index (κ2) is 10.4. The van der Waals surface area contributed by atoms with Gasteiger partial charge in [-0.1, -0.05) is 93.6 Å². The number of nitrogens with two attached hydrogens (primary N) is 1. The third-order valence-electron chi connectivity index (χ3n) is 6.50. The van der Waals surface area contributed by atoms with Crippen LogP contribution in [-0.2, 0) is 11.0 Å². The molecule has 7 heteroatoms. The molecule has 0 fully saturated rings. The molecule has 0 aliphatic carbocycles. The second-order valence-corrected chi connectivity index (χ2v) is 14.0. The van der Waals surface area contributed by atoms with Gasteiger partial charge in [-0.3, -0.25) is 0 Å². The lowest BCUT2D eigenvalue weighted by molar-refractivity contribution is 0.241. The molecule has 2 N–H and O–H groups in total. The predicted octanol–water partition coefficient (Wildman–Crippen LogP) is 4.66. The number of methoxy groups -OCH3 is 1. The molecule has 0 bridgehead atoms. The van der Waals surface area contributed by atoms with E-state index in [1.54, 1.807) is 13.4 Å². The van der Waals surface area contributed by atoms with Crippen molar-refractivity contribution in [1.82, 2.24) is 9.55 Å². The summed E-state index contributed by atoms with van der Waals surface area (Å²) in [6, 6.07) is 30.6. The molecule has 0 unspecified atom stereocenters. The maximum Gasteiger partial charge on any atom is 0.263 e. The third-order valence-corrected chi connectivity index (χ3v) is 11.5. The highest BCUT2D eigenvalue weighted by Gasteiger charge is 2.52. The molecule has 36 heavy (non-hydrogen) atoms. The topological polar surface area (TPSA) is 86.1 Å². The van der Waals surface area contributed by atoms with Gasteiger partial charge in [0, 0.05) is 0 Å². The highest BCUT2D eigenvalue weighted by molar-refractivity contribution is 6.99. The van der Waals surface area contributed by atoms with E-state index in [1.807, 2.05) is 65.2 Å². The van der Waals surface area contributed by atoms with E-state index >= 15 is 0 Å². The normalized spacial score (nSPS) is 12.6. The fourth-order valence-corrected chi connectivity index (χ4v) is 9.21. The molecule has 0 radical (unpaired) electrons. The van der Waals surface area contributed by atoms with Gasteiger partial charge in [-0.05, 0) is 33.1 Å². The molecule has 1 aromatic heterocycles. The molecule has 4 aromatic rings. The number of rotatable bonds is 8. The largest absolute Gasteiger partial charge is 0.497 e. The third kappa shape index (κ3) is 4.78. The van der Waals surface area contributed by atoms with Gasteiger partial charge in [0.2, 0.25) is 0 Å². The maximum atomic E-state index is 10.3. The predicted molar refractivity (Wildman–Crippen MR) is 146 cm³/mol. The number of hydrogen-bond acceptors (Lipinski definition) is 5. The Hall–Kier alpha value is -3.86. The zero-order valence-corrected chi connectivity index (χ0v) is 22.2. The Bertz CT molecular complexity index is 1280. The minimum Gasteiger partial charge on any atom is -0.497 e. The number of imidazole rings is 1. The van der Waals surface area contributed by atoms with Gasteiger partial charge in [0.05, 0.1) is 20.0 Å². The number of benzene rings is 3. The Labute approximate surface area is 214 Å². The van der Waals surface area contributed by atoms with E-state index in [0.29, 0.717) is 18.1 Å². The second-order valence-electron chi connectivity index (χ2n) is 9.78. The maximum absolute atomic E-state index is 10.3. The van der Waals surface area contributed by atoms with E-state index in [0.717, 1.165) is 21.7 Å². The minimum atomic E-state index is -2.96. The average molecular weight is 497 g/mol. The van der Waals surface area contributed by atoms with Gasteiger partial charge < -0.3 is 19.5 Å². The van der Waals surface area contributed by atoms with Crippen LogP contribution in [0.4, 0.5) is 5.82 Å². The van der Waals surface area contributed by atoms with Crippen molar-refractivity contribution in [3.05, 3.63) is 103 Å². The lowest BCUT2D eigenvalue weighted by Crippen LogP contribution is -2.66. The molecule has 0 saturated heterocycles. The van der Waals surface area contributed by atoms with Crippen LogP contribution in [-0.4, -0.2) is 25.0 Å². The van der Waals surface area contributed by atoms with E-state index < -0.39 is 14.4 Å². The fraction of sp³-hybridized carbons (Fsp3) is 0.241. The van der Waals surface area contributed by atoms with Gasteiger partial charge in [-0.15, -0.1) is 0 Å². The number of nitriles is 1. The van der Waals surface area contributed by atoms with Crippen molar-refractivity contribution >= 4 is 24.5 Å². The van der Waals surface area contributed by atoms with Crippen molar-refractivity contribution in [3.8, 4) is 11.8 Å². The van der Waals surface area contributed by atoms with Crippen molar-refractivity contribution in [1.29, 1.82) is 5.26 Å². The molecule has 0 spiro atoms. The number of nitrogens with zero attached hydrogens (tertiary/aromatic N) is 3. The molecule has 0 aliphatic heterocycles. The first-order valence-electron chi connectivity index (χ1n) is 11.9. The first-order chi connectivity index (χ1) is 17.3. The Balaban J connectivity index is 1.75. The molecule has 4 rings (SSSR count). The Kier molecular flexibility index (Phi) is 7.29. The summed E-state index contributed by atoms with van der Waals surface area (Å²) in [6.45, 7) is 7.07. The highest BCUT2D eigenvalue weighted by Crippen LogP contribution is 2.40. The SMILES string of the molecule is COc1ccc(Cn2cnc([C@H](C#N)O[Si](c3ccccc3)(c3ccccc3)C(C)(C)C)c2N)cc1. The van der Waals surface area contributed by atoms with E-state index in [-0.39, 0.29) is 5.04 Å². The zero-order chi connectivity index (χ0) is 25.8. The highest BCUT2D eigenvalue weighted by atomic mass is 28.4. The molecule has 0 aliphatic rings. The molecule has 0 amide bonds. The first kappa shape index (κ1) is 25.2. The van der Waals surface area contributed by atoms with Crippen LogP contribution >= 0.6 is 0 Å². The molecule has 1 heterocycles. The quantitative estimate of drug-likeness (QED) is 0.359. The van der Waals surface area contributed by atoms with Crippen LogP contribution in [0.25, 0.3) is 0 Å². The van der Waals surface area contributed by atoms with Crippen molar-refractivity contribution < 1.29 is 9.16 Å². The van der Waals surface area contributed by atoms with Crippen molar-refractivity contribution in [3.63, 3.8) is 0 Å². The lowest BCUT2D eigenvalue weighted by Gasteiger charge is -2.43. The van der Waals surface area contributed by atoms with Crippen LogP contribution in [0.3, 0.4) is 0 Å². The average Bonchev–Trinajstić information content (AvgIpc) is 3.25. The fourth-order valence-electron chi connectivity index (χ4n) is 4.67. The van der Waals surface area contributed by atoms with Crippen LogP contribution in [0.15, 0.2) is 91.3 Å². The van der Waals surface area contributed by atoms with Crippen LogP contribution in [0.2, 0.25) is 5.04 Å². The van der Waals surface area contributed by atoms with E-state index in [9.17, 15) is 5.26 Å². The van der Waals surface area contributed by atoms with E-state index in [1.165, 1.54) is 0 Å². The van der Waals surface area contributed by atoms with Crippen LogP contribution < -0.4 is 20.8 Å². The van der Waals surface area contributed by atoms with Crippen LogP contribution in [0.1, 0.15) is 38.1 Å². The lowest BCUT2D eigenvalue weighted by atomic mass is 10.2. The minimum absolute atomic E-state index is 0.273. The Morgan fingerprint density at radius 1 is 0.944 bits per heavy atom. The molecule has 184 valence electrons. The summed E-state index contributed by atoms with van der Waals surface area (Å²) >= 11 is 0. The summed E-state index contributed by atoms with van der Waals surface area (Å²) in [4.78, 5) is 4.56. The molecule has 1 atom stereocenters. The van der Waals surface area contributed by atoms with Gasteiger partial charge in [0.25, 0.3) is 8.32 Å². The number of anilines is 1. The molecular formula is C29H32N4O2Si. The molecular weight excluding hydrogens is 464 g/mol. The van der Waals surface area contributed by atoms with Gasteiger partial charge >= 0.3 is 0 Å². The number of nitrogen functional groups attached to an aromatic ring is 1. The van der Waals surface area contributed by atoms with Gasteiger partial charge in [-0.2, -0.15) is 5.26 Å². The van der Waals surface area contributed by atoms with Crippen LogP contribution in [0, 0.1) is 11.3 Å². The van der Waals surface area contributed by atoms with Gasteiger partial charge in [-0.25, -0.2) is 4.98 Å². The van der Waals surface area contributed by atoms with Crippen molar-refractivity contribution in [2.45, 2.75) is 38.5 Å². The molecule has 3 aromatic carbocycles. The van der Waals surface area contributed by atoms with Gasteiger partial charge in [0.1, 0.15) is 23.3 Å². The summed E-state index contributed by atoms with van der Waals surface area (Å²) in [6.07, 6.45) is 0.752. The zero-order valence-electron chi connectivity index (χ0n) is 21.2. The number of hydrogen-bond donors (Lipinski definition) is 1. The van der Waals surface area contributed by atoms with Crippen molar-refractivity contribution in [2.75, 3.05) is 12.8 Å². The standard InChI is InChI=1S/C29H32N4O2Si/c1-29(2,3)36(24-11-7-5-8-12-24,25-13-9-6-10-14-25)35-26(19-30)27-28(31)33(21-32-27)20-22-15-17-23(34-4)18-16-22/h5-18,21,26H,20,31H2,1-4H3/t26-/m0/s1. The number of ether oxygens (including phenoxy) is 1. The monoisotopic (exact) mass is 496 g/mol. The summed E-state index contributed by atoms with van der Waals surface area (Å²) in [5.41, 5.74) is 8.04. The van der Waals surface area contributed by atoms with Crippen molar-refractivity contribution in [2.24, 2.45) is 0 Å². The summed E-state index contributed by atoms with van der Waals surface area (Å²) in [7, 11) is -1.31.